The number of carboxylic acid groups (broad SMARTS) is 1. The van der Waals surface area contributed by atoms with Gasteiger partial charge >= 0.3 is 5.97 Å². The Balaban J connectivity index is 3.15. The van der Waals surface area contributed by atoms with Crippen LogP contribution in [0.15, 0.2) is 24.3 Å². The number of rotatable bonds is 4. The summed E-state index contributed by atoms with van der Waals surface area (Å²) >= 11 is 0. The van der Waals surface area contributed by atoms with Crippen LogP contribution in [0.25, 0.3) is 0 Å². The number of nitrogens with zero attached hydrogens (tertiary/aromatic N) is 1. The summed E-state index contributed by atoms with van der Waals surface area (Å²) in [5, 5.41) is 9.12. The van der Waals surface area contributed by atoms with Crippen LogP contribution >= 0.6 is 0 Å². The first kappa shape index (κ1) is 15.7. The molecule has 0 heterocycles. The number of carbonyl (C=O) groups is 1. The third-order valence-corrected chi connectivity index (χ3v) is 3.86. The van der Waals surface area contributed by atoms with Crippen LogP contribution in [0.5, 0.6) is 0 Å². The largest absolute Gasteiger partial charge is 0.481 e. The van der Waals surface area contributed by atoms with Gasteiger partial charge in [0.15, 0.2) is 0 Å². The van der Waals surface area contributed by atoms with Gasteiger partial charge in [-0.3, -0.25) is 9.69 Å². The predicted molar refractivity (Wildman–Crippen MR) is 78.4 cm³/mol. The van der Waals surface area contributed by atoms with Crippen molar-refractivity contribution in [2.45, 2.75) is 45.1 Å². The normalized spacial score (nSPS) is 15.3. The van der Waals surface area contributed by atoms with Crippen LogP contribution in [-0.4, -0.2) is 30.1 Å². The number of hydrogen-bond donors (Lipinski definition) is 1. The molecule has 1 atom stereocenters. The summed E-state index contributed by atoms with van der Waals surface area (Å²) in [6.07, 6.45) is 0.0921. The summed E-state index contributed by atoms with van der Waals surface area (Å²) in [7, 11) is 3.83. The Kier molecular flexibility index (Phi) is 4.41. The van der Waals surface area contributed by atoms with Crippen molar-refractivity contribution in [2.75, 3.05) is 14.1 Å². The lowest BCUT2D eigenvalue weighted by atomic mass is 9.82. The molecule has 0 fully saturated rings. The number of hydrogen-bond acceptors (Lipinski definition) is 2. The van der Waals surface area contributed by atoms with Gasteiger partial charge in [0.1, 0.15) is 0 Å². The summed E-state index contributed by atoms with van der Waals surface area (Å²) in [4.78, 5) is 13.1. The van der Waals surface area contributed by atoms with E-state index in [4.69, 9.17) is 5.11 Å². The highest BCUT2D eigenvalue weighted by Gasteiger charge is 2.32. The first-order valence-electron chi connectivity index (χ1n) is 6.57. The summed E-state index contributed by atoms with van der Waals surface area (Å²) in [5.74, 6) is -0.781. The predicted octanol–water partition coefficient (Wildman–Crippen LogP) is 3.24. The molecular weight excluding hydrogens is 238 g/mol. The van der Waals surface area contributed by atoms with Crippen molar-refractivity contribution in [3.05, 3.63) is 35.4 Å². The minimum absolute atomic E-state index is 0.0921. The lowest BCUT2D eigenvalue weighted by Crippen LogP contribution is -2.40. The molecule has 19 heavy (non-hydrogen) atoms. The van der Waals surface area contributed by atoms with Crippen molar-refractivity contribution < 1.29 is 9.90 Å². The van der Waals surface area contributed by atoms with Gasteiger partial charge in [-0.05, 0) is 37.6 Å². The molecule has 3 heteroatoms. The van der Waals surface area contributed by atoms with Crippen molar-refractivity contribution in [3.63, 3.8) is 0 Å². The fourth-order valence-electron chi connectivity index (χ4n) is 2.14. The van der Waals surface area contributed by atoms with E-state index in [9.17, 15) is 4.79 Å². The lowest BCUT2D eigenvalue weighted by Gasteiger charge is -2.36. The Morgan fingerprint density at radius 1 is 1.05 bits per heavy atom. The third kappa shape index (κ3) is 3.57. The van der Waals surface area contributed by atoms with E-state index in [0.717, 1.165) is 5.56 Å². The molecule has 0 amide bonds. The molecule has 0 aliphatic carbocycles. The van der Waals surface area contributed by atoms with E-state index in [1.807, 2.05) is 38.1 Å². The SMILES string of the molecule is CN(C)C(C)(CC(=O)O)c1ccc(C(C)(C)C)cc1. The summed E-state index contributed by atoms with van der Waals surface area (Å²) in [6, 6.07) is 8.28. The maximum Gasteiger partial charge on any atom is 0.305 e. The van der Waals surface area contributed by atoms with Crippen molar-refractivity contribution in [1.82, 2.24) is 4.90 Å². The standard InChI is InChI=1S/C16H25NO2/c1-15(2,3)12-7-9-13(10-8-12)16(4,17(5)6)11-14(18)19/h7-10H,11H2,1-6H3,(H,18,19). The van der Waals surface area contributed by atoms with Crippen molar-refractivity contribution in [3.8, 4) is 0 Å². The highest BCUT2D eigenvalue weighted by atomic mass is 16.4. The summed E-state index contributed by atoms with van der Waals surface area (Å²) in [5.41, 5.74) is 1.92. The average Bonchev–Trinajstić information content (AvgIpc) is 2.26. The van der Waals surface area contributed by atoms with Gasteiger partial charge < -0.3 is 5.11 Å². The van der Waals surface area contributed by atoms with Gasteiger partial charge in [0.2, 0.25) is 0 Å². The van der Waals surface area contributed by atoms with Crippen molar-refractivity contribution >= 4 is 5.97 Å². The molecule has 0 bridgehead atoms. The second kappa shape index (κ2) is 5.33. The van der Waals surface area contributed by atoms with Crippen LogP contribution in [0.2, 0.25) is 0 Å². The third-order valence-electron chi connectivity index (χ3n) is 3.86. The van der Waals surface area contributed by atoms with E-state index in [2.05, 4.69) is 32.9 Å². The maximum atomic E-state index is 11.1. The first-order valence-corrected chi connectivity index (χ1v) is 6.57. The maximum absolute atomic E-state index is 11.1. The lowest BCUT2D eigenvalue weighted by molar-refractivity contribution is -0.140. The fraction of sp³-hybridized carbons (Fsp3) is 0.562. The van der Waals surface area contributed by atoms with Crippen LogP contribution in [0, 0.1) is 0 Å². The minimum Gasteiger partial charge on any atom is -0.481 e. The smallest absolute Gasteiger partial charge is 0.305 e. The van der Waals surface area contributed by atoms with E-state index in [1.54, 1.807) is 0 Å². The van der Waals surface area contributed by atoms with Crippen LogP contribution < -0.4 is 0 Å². The number of carboxylic acids is 1. The Hall–Kier alpha value is -1.35. The monoisotopic (exact) mass is 263 g/mol. The van der Waals surface area contributed by atoms with Crippen molar-refractivity contribution in [2.24, 2.45) is 0 Å². The molecule has 0 aromatic heterocycles. The fourth-order valence-corrected chi connectivity index (χ4v) is 2.14. The zero-order valence-electron chi connectivity index (χ0n) is 12.8. The van der Waals surface area contributed by atoms with Gasteiger partial charge in [-0.25, -0.2) is 0 Å². The molecule has 106 valence electrons. The molecule has 0 saturated heterocycles. The van der Waals surface area contributed by atoms with E-state index in [1.165, 1.54) is 5.56 Å². The minimum atomic E-state index is -0.781. The first-order chi connectivity index (χ1) is 8.57. The molecule has 0 aliphatic heterocycles. The molecular formula is C16H25NO2. The molecule has 0 spiro atoms. The molecule has 3 nitrogen and oxygen atoms in total. The summed E-state index contributed by atoms with van der Waals surface area (Å²) < 4.78 is 0. The Bertz CT molecular complexity index is 443. The molecule has 1 aromatic rings. The van der Waals surface area contributed by atoms with E-state index < -0.39 is 11.5 Å². The number of aliphatic carboxylic acids is 1. The second-order valence-electron chi connectivity index (χ2n) is 6.57. The van der Waals surface area contributed by atoms with Gasteiger partial charge in [0.25, 0.3) is 0 Å². The van der Waals surface area contributed by atoms with Gasteiger partial charge in [0, 0.05) is 0 Å². The zero-order chi connectivity index (χ0) is 14.8. The van der Waals surface area contributed by atoms with Crippen molar-refractivity contribution in [1.29, 1.82) is 0 Å². The molecule has 1 aromatic carbocycles. The summed E-state index contributed by atoms with van der Waals surface area (Å²) in [6.45, 7) is 8.48. The van der Waals surface area contributed by atoms with E-state index in [0.29, 0.717) is 0 Å². The Labute approximate surface area is 116 Å². The van der Waals surface area contributed by atoms with Gasteiger partial charge in [-0.2, -0.15) is 0 Å². The Morgan fingerprint density at radius 2 is 1.47 bits per heavy atom. The highest BCUT2D eigenvalue weighted by Crippen LogP contribution is 2.31. The molecule has 0 saturated carbocycles. The van der Waals surface area contributed by atoms with E-state index in [-0.39, 0.29) is 11.8 Å². The zero-order valence-corrected chi connectivity index (χ0v) is 12.8. The van der Waals surface area contributed by atoms with Gasteiger partial charge in [0.05, 0.1) is 12.0 Å². The van der Waals surface area contributed by atoms with Gasteiger partial charge in [-0.15, -0.1) is 0 Å². The van der Waals surface area contributed by atoms with E-state index >= 15 is 0 Å². The average molecular weight is 263 g/mol. The van der Waals surface area contributed by atoms with Gasteiger partial charge in [-0.1, -0.05) is 45.0 Å². The molecule has 0 aliphatic rings. The molecule has 0 radical (unpaired) electrons. The Morgan fingerprint density at radius 3 is 1.79 bits per heavy atom. The molecule has 1 unspecified atom stereocenters. The number of benzene rings is 1. The topological polar surface area (TPSA) is 40.5 Å². The second-order valence-corrected chi connectivity index (χ2v) is 6.57. The quantitative estimate of drug-likeness (QED) is 0.906. The highest BCUT2D eigenvalue weighted by molar-refractivity contribution is 5.68. The van der Waals surface area contributed by atoms with Crippen LogP contribution in [0.1, 0.15) is 45.2 Å². The van der Waals surface area contributed by atoms with Crippen LogP contribution in [0.3, 0.4) is 0 Å². The van der Waals surface area contributed by atoms with Crippen LogP contribution in [0.4, 0.5) is 0 Å². The van der Waals surface area contributed by atoms with Crippen LogP contribution in [-0.2, 0) is 15.7 Å². The molecule has 1 rings (SSSR count). The molecule has 1 N–H and O–H groups in total.